The van der Waals surface area contributed by atoms with E-state index in [2.05, 4.69) is 0 Å². The zero-order valence-electron chi connectivity index (χ0n) is 7.29. The molecule has 0 amide bonds. The Hall–Kier alpha value is -0.680. The van der Waals surface area contributed by atoms with Gasteiger partial charge in [0, 0.05) is 11.8 Å². The lowest BCUT2D eigenvalue weighted by atomic mass is 10.1. The zero-order valence-corrected chi connectivity index (χ0v) is 8.11. The van der Waals surface area contributed by atoms with E-state index in [0.29, 0.717) is 0 Å². The molecule has 0 fully saturated rings. The first-order valence-corrected chi connectivity index (χ1v) is 4.99. The molecule has 1 nitrogen and oxygen atoms in total. The third kappa shape index (κ3) is 4.02. The van der Waals surface area contributed by atoms with Crippen LogP contribution >= 0.6 is 11.8 Å². The molecule has 1 aromatic rings. The van der Waals surface area contributed by atoms with Crippen molar-refractivity contribution in [3.8, 4) is 0 Å². The third-order valence-electron chi connectivity index (χ3n) is 1.65. The standard InChI is InChI=1S/C9H10F3NS/c10-9(11,12)14-6-8(13)7-4-2-1-3-5-7/h1-5,8H,6,13H2/t8-/m1/s1. The molecule has 0 unspecified atom stereocenters. The van der Waals surface area contributed by atoms with Gasteiger partial charge in [-0.25, -0.2) is 0 Å². The number of rotatable bonds is 3. The molecule has 1 atom stereocenters. The van der Waals surface area contributed by atoms with Gasteiger partial charge in [-0.05, 0) is 17.3 Å². The zero-order chi connectivity index (χ0) is 10.6. The summed E-state index contributed by atoms with van der Waals surface area (Å²) < 4.78 is 35.5. The van der Waals surface area contributed by atoms with Gasteiger partial charge in [0.2, 0.25) is 0 Å². The number of thioether (sulfide) groups is 1. The lowest BCUT2D eigenvalue weighted by Crippen LogP contribution is -2.15. The van der Waals surface area contributed by atoms with Crippen LogP contribution in [0.25, 0.3) is 0 Å². The number of halogens is 3. The molecule has 0 saturated carbocycles. The van der Waals surface area contributed by atoms with Crippen LogP contribution in [0, 0.1) is 0 Å². The fourth-order valence-electron chi connectivity index (χ4n) is 0.981. The van der Waals surface area contributed by atoms with Gasteiger partial charge in [-0.3, -0.25) is 0 Å². The first-order chi connectivity index (χ1) is 6.49. The molecule has 0 radical (unpaired) electrons. The van der Waals surface area contributed by atoms with Crippen molar-refractivity contribution >= 4 is 11.8 Å². The van der Waals surface area contributed by atoms with E-state index in [1.165, 1.54) is 0 Å². The summed E-state index contributed by atoms with van der Waals surface area (Å²) in [6, 6.07) is 8.19. The lowest BCUT2D eigenvalue weighted by Gasteiger charge is -2.12. The quantitative estimate of drug-likeness (QED) is 0.849. The topological polar surface area (TPSA) is 26.0 Å². The average Bonchev–Trinajstić information content (AvgIpc) is 2.14. The predicted octanol–water partition coefficient (Wildman–Crippen LogP) is 2.94. The van der Waals surface area contributed by atoms with Crippen LogP contribution < -0.4 is 5.73 Å². The molecule has 0 spiro atoms. The second kappa shape index (κ2) is 4.70. The first-order valence-electron chi connectivity index (χ1n) is 4.00. The van der Waals surface area contributed by atoms with Gasteiger partial charge >= 0.3 is 5.51 Å². The minimum Gasteiger partial charge on any atom is -0.323 e. The van der Waals surface area contributed by atoms with E-state index in [0.717, 1.165) is 5.56 Å². The molecule has 78 valence electrons. The molecule has 5 heteroatoms. The van der Waals surface area contributed by atoms with Crippen LogP contribution in [0.15, 0.2) is 30.3 Å². The van der Waals surface area contributed by atoms with Crippen LogP contribution in [-0.4, -0.2) is 11.3 Å². The highest BCUT2D eigenvalue weighted by molar-refractivity contribution is 8.00. The van der Waals surface area contributed by atoms with Gasteiger partial charge < -0.3 is 5.73 Å². The predicted molar refractivity (Wildman–Crippen MR) is 51.9 cm³/mol. The molecule has 2 N–H and O–H groups in total. The van der Waals surface area contributed by atoms with Crippen molar-refractivity contribution < 1.29 is 13.2 Å². The maximum Gasteiger partial charge on any atom is 0.441 e. The van der Waals surface area contributed by atoms with Crippen LogP contribution in [0.4, 0.5) is 13.2 Å². The monoisotopic (exact) mass is 221 g/mol. The van der Waals surface area contributed by atoms with E-state index in [-0.39, 0.29) is 17.5 Å². The van der Waals surface area contributed by atoms with Crippen molar-refractivity contribution in [3.63, 3.8) is 0 Å². The highest BCUT2D eigenvalue weighted by Crippen LogP contribution is 2.32. The van der Waals surface area contributed by atoms with Crippen LogP contribution in [0.2, 0.25) is 0 Å². The van der Waals surface area contributed by atoms with Gasteiger partial charge in [-0.1, -0.05) is 30.3 Å². The van der Waals surface area contributed by atoms with Gasteiger partial charge in [-0.15, -0.1) is 0 Å². The van der Waals surface area contributed by atoms with E-state index in [1.54, 1.807) is 30.3 Å². The van der Waals surface area contributed by atoms with Gasteiger partial charge in [0.05, 0.1) is 0 Å². The minimum atomic E-state index is -4.20. The molecular weight excluding hydrogens is 211 g/mol. The normalized spacial score (nSPS) is 14.0. The van der Waals surface area contributed by atoms with Crippen molar-refractivity contribution in [2.75, 3.05) is 5.75 Å². The van der Waals surface area contributed by atoms with E-state index >= 15 is 0 Å². The Morgan fingerprint density at radius 1 is 1.21 bits per heavy atom. The average molecular weight is 221 g/mol. The van der Waals surface area contributed by atoms with Crippen LogP contribution in [0.3, 0.4) is 0 Å². The van der Waals surface area contributed by atoms with E-state index in [1.807, 2.05) is 0 Å². The second-order valence-electron chi connectivity index (χ2n) is 2.77. The molecule has 0 aliphatic carbocycles. The summed E-state index contributed by atoms with van der Waals surface area (Å²) in [5.41, 5.74) is 2.11. The van der Waals surface area contributed by atoms with Crippen molar-refractivity contribution in [1.29, 1.82) is 0 Å². The molecular formula is C9H10F3NS. The lowest BCUT2D eigenvalue weighted by molar-refractivity contribution is -0.0328. The Morgan fingerprint density at radius 3 is 2.29 bits per heavy atom. The largest absolute Gasteiger partial charge is 0.441 e. The van der Waals surface area contributed by atoms with Crippen molar-refractivity contribution in [2.45, 2.75) is 11.6 Å². The van der Waals surface area contributed by atoms with Gasteiger partial charge in [0.25, 0.3) is 0 Å². The van der Waals surface area contributed by atoms with Crippen molar-refractivity contribution in [3.05, 3.63) is 35.9 Å². The second-order valence-corrected chi connectivity index (χ2v) is 3.86. The SMILES string of the molecule is N[C@H](CSC(F)(F)F)c1ccccc1. The number of hydrogen-bond acceptors (Lipinski definition) is 2. The number of hydrogen-bond donors (Lipinski definition) is 1. The summed E-state index contributed by atoms with van der Waals surface area (Å²) in [5, 5.41) is 0. The summed E-state index contributed by atoms with van der Waals surface area (Å²) in [5.74, 6) is -0.145. The van der Waals surface area contributed by atoms with Crippen molar-refractivity contribution in [1.82, 2.24) is 0 Å². The molecule has 0 aromatic heterocycles. The third-order valence-corrected chi connectivity index (χ3v) is 2.51. The fraction of sp³-hybridized carbons (Fsp3) is 0.333. The Bertz CT molecular complexity index is 273. The van der Waals surface area contributed by atoms with E-state index < -0.39 is 11.6 Å². The summed E-state index contributed by atoms with van der Waals surface area (Å²) in [4.78, 5) is 0. The maximum absolute atomic E-state index is 11.8. The smallest absolute Gasteiger partial charge is 0.323 e. The van der Waals surface area contributed by atoms with E-state index in [9.17, 15) is 13.2 Å². The Morgan fingerprint density at radius 2 is 1.79 bits per heavy atom. The number of alkyl halides is 3. The molecule has 0 aliphatic heterocycles. The molecule has 0 saturated heterocycles. The molecule has 1 rings (SSSR count). The van der Waals surface area contributed by atoms with Gasteiger partial charge in [0.15, 0.2) is 0 Å². The number of nitrogens with two attached hydrogens (primary N) is 1. The summed E-state index contributed by atoms with van der Waals surface area (Å²) in [7, 11) is 0. The summed E-state index contributed by atoms with van der Waals surface area (Å²) in [6.45, 7) is 0. The van der Waals surface area contributed by atoms with Crippen LogP contribution in [0.5, 0.6) is 0 Å². The van der Waals surface area contributed by atoms with Crippen molar-refractivity contribution in [2.24, 2.45) is 5.73 Å². The Kier molecular flexibility index (Phi) is 3.83. The summed E-state index contributed by atoms with van der Waals surface area (Å²) >= 11 is -0.0885. The molecule has 1 aromatic carbocycles. The highest BCUT2D eigenvalue weighted by atomic mass is 32.2. The fourth-order valence-corrected chi connectivity index (χ4v) is 1.54. The highest BCUT2D eigenvalue weighted by Gasteiger charge is 2.28. The van der Waals surface area contributed by atoms with Crippen LogP contribution in [0.1, 0.15) is 11.6 Å². The van der Waals surface area contributed by atoms with Crippen LogP contribution in [-0.2, 0) is 0 Å². The Labute approximate surface area is 84.5 Å². The molecule has 14 heavy (non-hydrogen) atoms. The van der Waals surface area contributed by atoms with Gasteiger partial charge in [-0.2, -0.15) is 13.2 Å². The maximum atomic E-state index is 11.8. The minimum absolute atomic E-state index is 0.0885. The summed E-state index contributed by atoms with van der Waals surface area (Å²) in [6.07, 6.45) is 0. The van der Waals surface area contributed by atoms with E-state index in [4.69, 9.17) is 5.73 Å². The first kappa shape index (κ1) is 11.4. The number of benzene rings is 1. The Balaban J connectivity index is 2.48. The molecule has 0 bridgehead atoms. The molecule has 0 aliphatic rings. The molecule has 0 heterocycles. The van der Waals surface area contributed by atoms with Gasteiger partial charge in [0.1, 0.15) is 0 Å².